The van der Waals surface area contributed by atoms with Crippen LogP contribution in [0.2, 0.25) is 0 Å². The Morgan fingerprint density at radius 1 is 1.26 bits per heavy atom. The Morgan fingerprint density at radius 3 is 2.42 bits per heavy atom. The highest BCUT2D eigenvalue weighted by Crippen LogP contribution is 2.22. The molecule has 0 heterocycles. The molecule has 1 rings (SSSR count). The SMILES string of the molecule is CCN(CCC(=O)O)C(=O)c1cc(C)c(Br)cc1C. The van der Waals surface area contributed by atoms with E-state index in [0.29, 0.717) is 12.1 Å². The summed E-state index contributed by atoms with van der Waals surface area (Å²) in [5.41, 5.74) is 2.51. The molecule has 0 bridgehead atoms. The first kappa shape index (κ1) is 15.7. The molecule has 104 valence electrons. The number of aliphatic carboxylic acids is 1. The molecular formula is C14H18BrNO3. The van der Waals surface area contributed by atoms with Crippen molar-refractivity contribution in [1.29, 1.82) is 0 Å². The molecule has 0 aromatic heterocycles. The van der Waals surface area contributed by atoms with Gasteiger partial charge in [0.15, 0.2) is 0 Å². The quantitative estimate of drug-likeness (QED) is 0.904. The topological polar surface area (TPSA) is 57.6 Å². The van der Waals surface area contributed by atoms with E-state index in [2.05, 4.69) is 15.9 Å². The summed E-state index contributed by atoms with van der Waals surface area (Å²) in [4.78, 5) is 24.6. The van der Waals surface area contributed by atoms with Crippen LogP contribution in [-0.4, -0.2) is 35.0 Å². The van der Waals surface area contributed by atoms with Crippen LogP contribution in [0.15, 0.2) is 16.6 Å². The van der Waals surface area contributed by atoms with Crippen LogP contribution in [0.5, 0.6) is 0 Å². The van der Waals surface area contributed by atoms with Gasteiger partial charge in [0.1, 0.15) is 0 Å². The summed E-state index contributed by atoms with van der Waals surface area (Å²) in [7, 11) is 0. The summed E-state index contributed by atoms with van der Waals surface area (Å²) in [6.07, 6.45) is -0.0336. The summed E-state index contributed by atoms with van der Waals surface area (Å²) in [5, 5.41) is 8.70. The Bertz CT molecular complexity index is 500. The van der Waals surface area contributed by atoms with Gasteiger partial charge < -0.3 is 10.0 Å². The Balaban J connectivity index is 2.97. The Kier molecular flexibility index (Phi) is 5.54. The number of carboxylic acid groups (broad SMARTS) is 1. The minimum absolute atomic E-state index is 0.0336. The summed E-state index contributed by atoms with van der Waals surface area (Å²) in [6, 6.07) is 3.75. The summed E-state index contributed by atoms with van der Waals surface area (Å²) in [5.74, 6) is -1.01. The van der Waals surface area contributed by atoms with Gasteiger partial charge in [0.2, 0.25) is 0 Å². The molecule has 0 saturated carbocycles. The predicted octanol–water partition coefficient (Wildman–Crippen LogP) is 3.00. The van der Waals surface area contributed by atoms with Crippen LogP contribution in [0.3, 0.4) is 0 Å². The minimum Gasteiger partial charge on any atom is -0.481 e. The average molecular weight is 328 g/mol. The zero-order valence-corrected chi connectivity index (χ0v) is 13.0. The lowest BCUT2D eigenvalue weighted by molar-refractivity contribution is -0.137. The number of carbonyl (C=O) groups is 2. The van der Waals surface area contributed by atoms with Crippen LogP contribution in [0, 0.1) is 13.8 Å². The van der Waals surface area contributed by atoms with Crippen LogP contribution >= 0.6 is 15.9 Å². The molecule has 1 amide bonds. The second kappa shape index (κ2) is 6.70. The zero-order chi connectivity index (χ0) is 14.6. The molecule has 0 aliphatic heterocycles. The standard InChI is InChI=1S/C14H18BrNO3/c1-4-16(6-5-13(17)18)14(19)11-7-10(3)12(15)8-9(11)2/h7-8H,4-6H2,1-3H3,(H,17,18). The van der Waals surface area contributed by atoms with Gasteiger partial charge in [-0.1, -0.05) is 15.9 Å². The lowest BCUT2D eigenvalue weighted by atomic mass is 10.0. The third kappa shape index (κ3) is 4.06. The molecule has 5 heteroatoms. The van der Waals surface area contributed by atoms with Gasteiger partial charge in [0.25, 0.3) is 5.91 Å². The molecule has 1 aromatic rings. The maximum absolute atomic E-state index is 12.4. The van der Waals surface area contributed by atoms with Gasteiger partial charge >= 0.3 is 5.97 Å². The number of hydrogen-bond acceptors (Lipinski definition) is 2. The van der Waals surface area contributed by atoms with Crippen molar-refractivity contribution in [2.24, 2.45) is 0 Å². The molecule has 0 spiro atoms. The molecule has 0 aliphatic rings. The lowest BCUT2D eigenvalue weighted by Crippen LogP contribution is -2.33. The number of rotatable bonds is 5. The number of benzene rings is 1. The van der Waals surface area contributed by atoms with Crippen molar-refractivity contribution in [3.05, 3.63) is 33.3 Å². The molecule has 0 aliphatic carbocycles. The lowest BCUT2D eigenvalue weighted by Gasteiger charge is -2.21. The molecule has 19 heavy (non-hydrogen) atoms. The van der Waals surface area contributed by atoms with E-state index in [1.807, 2.05) is 32.9 Å². The number of carbonyl (C=O) groups excluding carboxylic acids is 1. The number of halogens is 1. The van der Waals surface area contributed by atoms with Crippen molar-refractivity contribution >= 4 is 27.8 Å². The van der Waals surface area contributed by atoms with Crippen molar-refractivity contribution in [3.8, 4) is 0 Å². The largest absolute Gasteiger partial charge is 0.481 e. The fraction of sp³-hybridized carbons (Fsp3) is 0.429. The van der Waals surface area contributed by atoms with Crippen LogP contribution in [0.1, 0.15) is 34.8 Å². The van der Waals surface area contributed by atoms with Gasteiger partial charge in [0, 0.05) is 23.1 Å². The van der Waals surface area contributed by atoms with Crippen molar-refractivity contribution in [2.45, 2.75) is 27.2 Å². The second-order valence-electron chi connectivity index (χ2n) is 4.44. The van der Waals surface area contributed by atoms with E-state index >= 15 is 0 Å². The first-order chi connectivity index (χ1) is 8.86. The van der Waals surface area contributed by atoms with E-state index in [9.17, 15) is 9.59 Å². The van der Waals surface area contributed by atoms with Gasteiger partial charge in [-0.2, -0.15) is 0 Å². The highest BCUT2D eigenvalue weighted by Gasteiger charge is 2.18. The smallest absolute Gasteiger partial charge is 0.305 e. The normalized spacial score (nSPS) is 10.3. The average Bonchev–Trinajstić information content (AvgIpc) is 2.34. The van der Waals surface area contributed by atoms with Crippen LogP contribution < -0.4 is 0 Å². The van der Waals surface area contributed by atoms with Crippen LogP contribution in [0.25, 0.3) is 0 Å². The summed E-state index contributed by atoms with van der Waals surface area (Å²) in [6.45, 7) is 6.39. The fourth-order valence-corrected chi connectivity index (χ4v) is 2.27. The molecule has 4 nitrogen and oxygen atoms in total. The number of hydrogen-bond donors (Lipinski definition) is 1. The minimum atomic E-state index is -0.894. The summed E-state index contributed by atoms with van der Waals surface area (Å²) >= 11 is 3.43. The predicted molar refractivity (Wildman–Crippen MR) is 77.4 cm³/mol. The van der Waals surface area contributed by atoms with Crippen molar-refractivity contribution in [3.63, 3.8) is 0 Å². The van der Waals surface area contributed by atoms with Crippen molar-refractivity contribution in [1.82, 2.24) is 4.90 Å². The number of nitrogens with zero attached hydrogens (tertiary/aromatic N) is 1. The van der Waals surface area contributed by atoms with Gasteiger partial charge in [-0.15, -0.1) is 0 Å². The maximum Gasteiger partial charge on any atom is 0.305 e. The molecule has 0 fully saturated rings. The van der Waals surface area contributed by atoms with E-state index in [-0.39, 0.29) is 18.9 Å². The molecule has 0 atom stereocenters. The van der Waals surface area contributed by atoms with Gasteiger partial charge in [-0.25, -0.2) is 0 Å². The zero-order valence-electron chi connectivity index (χ0n) is 11.4. The third-order valence-electron chi connectivity index (χ3n) is 3.00. The van der Waals surface area contributed by atoms with Crippen LogP contribution in [0.4, 0.5) is 0 Å². The molecular weight excluding hydrogens is 310 g/mol. The van der Waals surface area contributed by atoms with Crippen LogP contribution in [-0.2, 0) is 4.79 Å². The number of amides is 1. The van der Waals surface area contributed by atoms with Crippen molar-refractivity contribution in [2.75, 3.05) is 13.1 Å². The van der Waals surface area contributed by atoms with Gasteiger partial charge in [-0.05, 0) is 44.0 Å². The first-order valence-corrected chi connectivity index (χ1v) is 6.94. The van der Waals surface area contributed by atoms with E-state index in [1.54, 1.807) is 4.90 Å². The maximum atomic E-state index is 12.4. The molecule has 1 N–H and O–H groups in total. The Hall–Kier alpha value is -1.36. The van der Waals surface area contributed by atoms with E-state index < -0.39 is 5.97 Å². The molecule has 0 radical (unpaired) electrons. The molecule has 0 saturated heterocycles. The van der Waals surface area contributed by atoms with Crippen molar-refractivity contribution < 1.29 is 14.7 Å². The monoisotopic (exact) mass is 327 g/mol. The first-order valence-electron chi connectivity index (χ1n) is 6.14. The Morgan fingerprint density at radius 2 is 1.89 bits per heavy atom. The molecule has 0 unspecified atom stereocenters. The van der Waals surface area contributed by atoms with E-state index in [0.717, 1.165) is 15.6 Å². The highest BCUT2D eigenvalue weighted by molar-refractivity contribution is 9.10. The number of carboxylic acids is 1. The van der Waals surface area contributed by atoms with Gasteiger partial charge in [0.05, 0.1) is 6.42 Å². The molecule has 1 aromatic carbocycles. The second-order valence-corrected chi connectivity index (χ2v) is 5.30. The Labute approximate surface area is 121 Å². The highest BCUT2D eigenvalue weighted by atomic mass is 79.9. The number of aryl methyl sites for hydroxylation is 2. The fourth-order valence-electron chi connectivity index (χ4n) is 1.82. The van der Waals surface area contributed by atoms with E-state index in [4.69, 9.17) is 5.11 Å². The van der Waals surface area contributed by atoms with E-state index in [1.165, 1.54) is 0 Å². The summed E-state index contributed by atoms with van der Waals surface area (Å²) < 4.78 is 0.968. The third-order valence-corrected chi connectivity index (χ3v) is 3.85. The van der Waals surface area contributed by atoms with Gasteiger partial charge in [-0.3, -0.25) is 9.59 Å².